The zero-order chi connectivity index (χ0) is 17.4. The molecular formula is C16H12FNO6. The van der Waals surface area contributed by atoms with Crippen LogP contribution in [0.15, 0.2) is 33.5 Å². The molecule has 0 amide bonds. The highest BCUT2D eigenvalue weighted by molar-refractivity contribution is 5.75. The number of ether oxygens (including phenoxy) is 1. The predicted molar refractivity (Wildman–Crippen MR) is 80.0 cm³/mol. The molecule has 7 nitrogen and oxygen atoms in total. The van der Waals surface area contributed by atoms with Gasteiger partial charge in [-0.25, -0.2) is 4.39 Å². The van der Waals surface area contributed by atoms with Crippen molar-refractivity contribution in [2.75, 3.05) is 7.11 Å². The molecule has 1 heterocycles. The molecule has 0 fully saturated rings. The lowest BCUT2D eigenvalue weighted by Gasteiger charge is -2.11. The van der Waals surface area contributed by atoms with Crippen molar-refractivity contribution in [3.63, 3.8) is 0 Å². The monoisotopic (exact) mass is 333 g/mol. The topological polar surface area (TPSA) is 104 Å². The smallest absolute Gasteiger partial charge is 0.305 e. The lowest BCUT2D eigenvalue weighted by molar-refractivity contribution is -0.567. The third-order valence-corrected chi connectivity index (χ3v) is 3.59. The number of nitrogens with zero attached hydrogens (tertiary/aromatic N) is 1. The molecule has 1 aliphatic heterocycles. The van der Waals surface area contributed by atoms with Gasteiger partial charge in [0.1, 0.15) is 0 Å². The van der Waals surface area contributed by atoms with Crippen LogP contribution in [0.3, 0.4) is 0 Å². The molecule has 0 spiro atoms. The van der Waals surface area contributed by atoms with Crippen LogP contribution in [0.4, 0.5) is 4.39 Å². The SMILES string of the molecule is COC(=O)CCc1cc(F)c2oc3cc(=O)cc(O)c-3[n+]([O-])c2c1. The van der Waals surface area contributed by atoms with Crippen molar-refractivity contribution < 1.29 is 28.2 Å². The van der Waals surface area contributed by atoms with Gasteiger partial charge in [-0.05, 0) is 18.1 Å². The molecule has 0 bridgehead atoms. The Morgan fingerprint density at radius 3 is 2.83 bits per heavy atom. The Morgan fingerprint density at radius 2 is 2.12 bits per heavy atom. The van der Waals surface area contributed by atoms with Gasteiger partial charge in [0, 0.05) is 24.6 Å². The van der Waals surface area contributed by atoms with Gasteiger partial charge >= 0.3 is 11.7 Å². The van der Waals surface area contributed by atoms with Gasteiger partial charge in [0.15, 0.2) is 17.0 Å². The number of hydrogen-bond acceptors (Lipinski definition) is 6. The number of aromatic nitrogens is 1. The number of carbonyl (C=O) groups is 1. The molecule has 3 rings (SSSR count). The molecule has 0 saturated carbocycles. The van der Waals surface area contributed by atoms with Crippen molar-refractivity contribution in [2.45, 2.75) is 12.8 Å². The molecule has 8 heteroatoms. The Morgan fingerprint density at radius 1 is 1.38 bits per heavy atom. The van der Waals surface area contributed by atoms with Crippen LogP contribution in [0.2, 0.25) is 0 Å². The summed E-state index contributed by atoms with van der Waals surface area (Å²) in [4.78, 5) is 22.6. The maximum Gasteiger partial charge on any atom is 0.305 e. The number of aromatic hydroxyl groups is 1. The second kappa shape index (κ2) is 5.80. The number of halogens is 1. The Balaban J connectivity index is 2.21. The summed E-state index contributed by atoms with van der Waals surface area (Å²) in [6.45, 7) is 0. The van der Waals surface area contributed by atoms with Gasteiger partial charge in [0.05, 0.1) is 7.11 Å². The largest absolute Gasteiger partial charge is 0.618 e. The van der Waals surface area contributed by atoms with Crippen molar-refractivity contribution in [3.05, 3.63) is 51.1 Å². The first-order chi connectivity index (χ1) is 11.4. The van der Waals surface area contributed by atoms with Gasteiger partial charge in [0.25, 0.3) is 5.52 Å². The second-order valence-electron chi connectivity index (χ2n) is 5.19. The minimum atomic E-state index is -0.811. The summed E-state index contributed by atoms with van der Waals surface area (Å²) in [5.41, 5.74) is -0.949. The maximum atomic E-state index is 14.3. The molecule has 1 aromatic carbocycles. The van der Waals surface area contributed by atoms with Crippen LogP contribution in [0.1, 0.15) is 12.0 Å². The van der Waals surface area contributed by atoms with Gasteiger partial charge in [-0.15, -0.1) is 0 Å². The molecule has 0 atom stereocenters. The summed E-state index contributed by atoms with van der Waals surface area (Å²) >= 11 is 0. The highest BCUT2D eigenvalue weighted by atomic mass is 19.1. The molecule has 1 aromatic rings. The van der Waals surface area contributed by atoms with Gasteiger partial charge in [-0.3, -0.25) is 9.59 Å². The number of aryl methyl sites for hydroxylation is 1. The van der Waals surface area contributed by atoms with Gasteiger partial charge in [-0.2, -0.15) is 4.73 Å². The lowest BCUT2D eigenvalue weighted by Crippen LogP contribution is -2.31. The van der Waals surface area contributed by atoms with E-state index in [0.29, 0.717) is 10.3 Å². The molecule has 124 valence electrons. The number of phenolic OH excluding ortho intramolecular Hbond substituents is 1. The van der Waals surface area contributed by atoms with Crippen LogP contribution in [0, 0.1) is 11.0 Å². The number of benzene rings is 2. The summed E-state index contributed by atoms with van der Waals surface area (Å²) in [7, 11) is 1.24. The summed E-state index contributed by atoms with van der Waals surface area (Å²) < 4.78 is 24.3. The van der Waals surface area contributed by atoms with Crippen LogP contribution in [-0.2, 0) is 16.0 Å². The number of carbonyl (C=O) groups excluding carboxylic acids is 1. The van der Waals surface area contributed by atoms with Gasteiger partial charge in [0.2, 0.25) is 11.3 Å². The molecule has 2 aliphatic rings. The normalized spacial score (nSPS) is 11.1. The zero-order valence-electron chi connectivity index (χ0n) is 12.5. The van der Waals surface area contributed by atoms with Crippen LogP contribution in [0.5, 0.6) is 5.75 Å². The fourth-order valence-corrected chi connectivity index (χ4v) is 2.46. The van der Waals surface area contributed by atoms with E-state index in [9.17, 15) is 24.3 Å². The Kier molecular flexibility index (Phi) is 3.80. The third kappa shape index (κ3) is 2.62. The Hall–Kier alpha value is -3.16. The molecule has 1 aliphatic carbocycles. The van der Waals surface area contributed by atoms with E-state index < -0.39 is 23.0 Å². The number of methoxy groups -OCH3 is 1. The predicted octanol–water partition coefficient (Wildman–Crippen LogP) is 1.48. The molecule has 0 unspecified atom stereocenters. The summed E-state index contributed by atoms with van der Waals surface area (Å²) in [5.74, 6) is -2.05. The number of esters is 1. The zero-order valence-corrected chi connectivity index (χ0v) is 12.5. The fourth-order valence-electron chi connectivity index (χ4n) is 2.46. The van der Waals surface area contributed by atoms with E-state index in [-0.39, 0.29) is 35.4 Å². The first kappa shape index (κ1) is 15.7. The number of fused-ring (bicyclic) bond motifs is 2. The van der Waals surface area contributed by atoms with Crippen LogP contribution < -0.4 is 10.2 Å². The van der Waals surface area contributed by atoms with Crippen molar-refractivity contribution in [1.29, 1.82) is 0 Å². The van der Waals surface area contributed by atoms with Crippen LogP contribution >= 0.6 is 0 Å². The molecule has 0 radical (unpaired) electrons. The van der Waals surface area contributed by atoms with E-state index in [1.54, 1.807) is 0 Å². The van der Waals surface area contributed by atoms with E-state index >= 15 is 0 Å². The molecular weight excluding hydrogens is 321 g/mol. The number of phenols is 1. The number of hydrogen-bond donors (Lipinski definition) is 1. The average Bonchev–Trinajstić information content (AvgIpc) is 2.53. The fraction of sp³-hybridized carbons (Fsp3) is 0.188. The number of rotatable bonds is 3. The first-order valence-electron chi connectivity index (χ1n) is 6.99. The minimum absolute atomic E-state index is 0.0236. The minimum Gasteiger partial charge on any atom is -0.618 e. The van der Waals surface area contributed by atoms with Crippen molar-refractivity contribution >= 4 is 17.1 Å². The Labute approximate surface area is 134 Å². The van der Waals surface area contributed by atoms with Crippen molar-refractivity contribution in [3.8, 4) is 17.2 Å². The van der Waals surface area contributed by atoms with E-state index in [4.69, 9.17) is 4.42 Å². The third-order valence-electron chi connectivity index (χ3n) is 3.59. The highest BCUT2D eigenvalue weighted by Gasteiger charge is 2.26. The second-order valence-corrected chi connectivity index (χ2v) is 5.19. The van der Waals surface area contributed by atoms with E-state index in [1.807, 2.05) is 0 Å². The molecule has 0 aromatic heterocycles. The van der Waals surface area contributed by atoms with E-state index in [1.165, 1.54) is 13.2 Å². The quantitative estimate of drug-likeness (QED) is 0.337. The van der Waals surface area contributed by atoms with Gasteiger partial charge in [-0.1, -0.05) is 0 Å². The first-order valence-corrected chi connectivity index (χ1v) is 6.99. The average molecular weight is 333 g/mol. The molecule has 0 saturated heterocycles. The summed E-state index contributed by atoms with van der Waals surface area (Å²) in [6, 6.07) is 4.37. The standard InChI is InChI=1S/C16H12FNO6/c1-23-14(21)3-2-8-4-10(17)16-11(5-8)18(22)15-12(20)6-9(19)7-13(15)24-16/h4-7,20H,2-3H2,1H3. The molecule has 1 N–H and O–H groups in total. The highest BCUT2D eigenvalue weighted by Crippen LogP contribution is 2.30. The van der Waals surface area contributed by atoms with E-state index in [0.717, 1.165) is 18.2 Å². The van der Waals surface area contributed by atoms with Crippen LogP contribution in [0.25, 0.3) is 22.6 Å². The van der Waals surface area contributed by atoms with E-state index in [2.05, 4.69) is 4.74 Å². The lowest BCUT2D eigenvalue weighted by atomic mass is 10.1. The summed E-state index contributed by atoms with van der Waals surface area (Å²) in [6.07, 6.45) is 0.193. The van der Waals surface area contributed by atoms with Crippen molar-refractivity contribution in [2.24, 2.45) is 0 Å². The Bertz CT molecular complexity index is 981. The van der Waals surface area contributed by atoms with Crippen molar-refractivity contribution in [1.82, 2.24) is 0 Å². The molecule has 24 heavy (non-hydrogen) atoms. The van der Waals surface area contributed by atoms with Crippen LogP contribution in [-0.4, -0.2) is 18.2 Å². The maximum absolute atomic E-state index is 14.3. The van der Waals surface area contributed by atoms with Gasteiger partial charge < -0.3 is 19.5 Å². The summed E-state index contributed by atoms with van der Waals surface area (Å²) in [5, 5.41) is 22.3.